The van der Waals surface area contributed by atoms with Gasteiger partial charge in [0.2, 0.25) is 0 Å². The third-order valence-electron chi connectivity index (χ3n) is 5.94. The summed E-state index contributed by atoms with van der Waals surface area (Å²) in [6.07, 6.45) is 21.7. The molecule has 0 bridgehead atoms. The van der Waals surface area contributed by atoms with Crippen LogP contribution in [0.1, 0.15) is 142 Å². The van der Waals surface area contributed by atoms with E-state index in [4.69, 9.17) is 0 Å². The molecule has 0 aromatic heterocycles. The summed E-state index contributed by atoms with van der Waals surface area (Å²) < 4.78 is 34.5. The van der Waals surface area contributed by atoms with E-state index < -0.39 is 15.4 Å². The van der Waals surface area contributed by atoms with E-state index >= 15 is 0 Å². The van der Waals surface area contributed by atoms with Gasteiger partial charge in [0.05, 0.1) is 16.2 Å². The Kier molecular flexibility index (Phi) is 26.6. The van der Waals surface area contributed by atoms with Gasteiger partial charge < -0.3 is 9.66 Å². The molecule has 30 heavy (non-hydrogen) atoms. The normalized spacial score (nSPS) is 13.7. The van der Waals surface area contributed by atoms with Gasteiger partial charge in [-0.15, -0.1) is 0 Å². The molecule has 0 aromatic carbocycles. The molecule has 176 valence electrons. The smallest absolute Gasteiger partial charge is 0.748 e. The molecular formula is C24H49KO4S. The average Bonchev–Trinajstić information content (AvgIpc) is 2.65. The van der Waals surface area contributed by atoms with E-state index in [1.165, 1.54) is 64.2 Å². The minimum Gasteiger partial charge on any atom is -0.748 e. The van der Waals surface area contributed by atoms with Crippen LogP contribution in [-0.4, -0.2) is 29.4 Å². The Morgan fingerprint density at radius 1 is 0.633 bits per heavy atom. The van der Waals surface area contributed by atoms with Gasteiger partial charge in [-0.2, -0.15) is 0 Å². The summed E-state index contributed by atoms with van der Waals surface area (Å²) in [7, 11) is -4.18. The summed E-state index contributed by atoms with van der Waals surface area (Å²) in [6, 6.07) is 0. The van der Waals surface area contributed by atoms with Crippen LogP contribution in [0.5, 0.6) is 0 Å². The van der Waals surface area contributed by atoms with Crippen LogP contribution in [0.2, 0.25) is 0 Å². The van der Waals surface area contributed by atoms with E-state index in [0.29, 0.717) is 12.8 Å². The van der Waals surface area contributed by atoms with Crippen LogP contribution in [0, 0.1) is 0 Å². The van der Waals surface area contributed by atoms with E-state index in [2.05, 4.69) is 6.92 Å². The predicted octanol–water partition coefficient (Wildman–Crippen LogP) is 4.11. The first-order chi connectivity index (χ1) is 13.9. The van der Waals surface area contributed by atoms with Crippen molar-refractivity contribution < 1.29 is 69.5 Å². The molecule has 0 radical (unpaired) electrons. The van der Waals surface area contributed by atoms with E-state index in [1.54, 1.807) is 6.92 Å². The van der Waals surface area contributed by atoms with E-state index in [0.717, 1.165) is 51.4 Å². The minimum atomic E-state index is -4.18. The van der Waals surface area contributed by atoms with Gasteiger partial charge >= 0.3 is 51.4 Å². The third kappa shape index (κ3) is 24.2. The Bertz CT molecular complexity index is 440. The summed E-state index contributed by atoms with van der Waals surface area (Å²) >= 11 is 0. The van der Waals surface area contributed by atoms with Gasteiger partial charge in [0.1, 0.15) is 0 Å². The van der Waals surface area contributed by atoms with E-state index in [9.17, 15) is 18.1 Å². The molecule has 0 fully saturated rings. The van der Waals surface area contributed by atoms with Crippen LogP contribution in [0.4, 0.5) is 0 Å². The van der Waals surface area contributed by atoms with Gasteiger partial charge in [-0.3, -0.25) is 0 Å². The summed E-state index contributed by atoms with van der Waals surface area (Å²) in [5.74, 6) is 0. The molecular weight excluding hydrogens is 423 g/mol. The molecule has 0 spiro atoms. The Morgan fingerprint density at radius 3 is 1.23 bits per heavy atom. The molecule has 4 nitrogen and oxygen atoms in total. The summed E-state index contributed by atoms with van der Waals surface area (Å²) in [6.45, 7) is 4.04. The molecule has 0 aliphatic rings. The molecule has 2 unspecified atom stereocenters. The molecule has 1 N–H and O–H groups in total. The zero-order valence-corrected chi connectivity index (χ0v) is 24.3. The van der Waals surface area contributed by atoms with Gasteiger partial charge in [-0.05, 0) is 26.2 Å². The first-order valence-corrected chi connectivity index (χ1v) is 14.0. The summed E-state index contributed by atoms with van der Waals surface area (Å²) in [4.78, 5) is 0. The van der Waals surface area contributed by atoms with Crippen LogP contribution >= 0.6 is 0 Å². The number of hydrogen-bond donors (Lipinski definition) is 1. The van der Waals surface area contributed by atoms with Crippen LogP contribution < -0.4 is 51.4 Å². The summed E-state index contributed by atoms with van der Waals surface area (Å²) in [5.41, 5.74) is 0. The van der Waals surface area contributed by atoms with Crippen molar-refractivity contribution in [3.63, 3.8) is 0 Å². The molecule has 6 heteroatoms. The number of aliphatic hydroxyl groups excluding tert-OH is 1. The van der Waals surface area contributed by atoms with Crippen molar-refractivity contribution in [1.82, 2.24) is 0 Å². The van der Waals surface area contributed by atoms with Gasteiger partial charge in [0.25, 0.3) is 0 Å². The third-order valence-corrected chi connectivity index (χ3v) is 7.22. The number of aliphatic hydroxyl groups is 1. The van der Waals surface area contributed by atoms with Gasteiger partial charge in [0.15, 0.2) is 0 Å². The van der Waals surface area contributed by atoms with Gasteiger partial charge in [-0.1, -0.05) is 116 Å². The Hall–Kier alpha value is 1.51. The van der Waals surface area contributed by atoms with Crippen LogP contribution in [-0.2, 0) is 10.1 Å². The van der Waals surface area contributed by atoms with Crippen molar-refractivity contribution in [1.29, 1.82) is 0 Å². The maximum absolute atomic E-state index is 11.5. The quantitative estimate of drug-likeness (QED) is 0.146. The summed E-state index contributed by atoms with van der Waals surface area (Å²) in [5, 5.41) is 8.53. The Morgan fingerprint density at radius 2 is 0.933 bits per heavy atom. The van der Waals surface area contributed by atoms with Crippen molar-refractivity contribution in [2.24, 2.45) is 0 Å². The van der Waals surface area contributed by atoms with Crippen LogP contribution in [0.15, 0.2) is 0 Å². The largest absolute Gasteiger partial charge is 1.00 e. The minimum absolute atomic E-state index is 0. The molecule has 0 aliphatic carbocycles. The van der Waals surface area contributed by atoms with Crippen LogP contribution in [0.3, 0.4) is 0 Å². The second kappa shape index (κ2) is 23.7. The van der Waals surface area contributed by atoms with Crippen LogP contribution in [0.25, 0.3) is 0 Å². The van der Waals surface area contributed by atoms with Crippen molar-refractivity contribution in [3.8, 4) is 0 Å². The van der Waals surface area contributed by atoms with Crippen molar-refractivity contribution >= 4 is 10.1 Å². The average molecular weight is 473 g/mol. The maximum atomic E-state index is 11.5. The molecule has 2 atom stereocenters. The Labute approximate surface area is 230 Å². The molecule has 0 aliphatic heterocycles. The molecule has 0 rings (SSSR count). The zero-order valence-electron chi connectivity index (χ0n) is 20.4. The Balaban J connectivity index is 0. The molecule has 0 heterocycles. The number of rotatable bonds is 22. The fourth-order valence-electron chi connectivity index (χ4n) is 3.99. The van der Waals surface area contributed by atoms with Crippen molar-refractivity contribution in [2.45, 2.75) is 154 Å². The van der Waals surface area contributed by atoms with Crippen molar-refractivity contribution in [3.05, 3.63) is 0 Å². The fraction of sp³-hybridized carbons (Fsp3) is 1.00. The molecule has 0 saturated heterocycles. The molecule has 0 aromatic rings. The second-order valence-electron chi connectivity index (χ2n) is 8.99. The standard InChI is InChI=1S/C24H50O4S.K/c1-3-4-5-6-7-8-9-10-11-12-13-14-18-21-24(29(26,27)28)22-19-16-15-17-20-23(2)25;/h23-25H,3-22H2,1-2H3,(H,26,27,28);/q;+1/p-1. The topological polar surface area (TPSA) is 77.4 Å². The maximum Gasteiger partial charge on any atom is 1.00 e. The first kappa shape index (κ1) is 33.7. The fourth-order valence-corrected chi connectivity index (χ4v) is 4.90. The van der Waals surface area contributed by atoms with Crippen molar-refractivity contribution in [2.75, 3.05) is 0 Å². The molecule has 0 amide bonds. The first-order valence-electron chi connectivity index (χ1n) is 12.5. The second-order valence-corrected chi connectivity index (χ2v) is 10.6. The number of hydrogen-bond acceptors (Lipinski definition) is 4. The molecule has 0 saturated carbocycles. The van der Waals surface area contributed by atoms with Gasteiger partial charge in [-0.25, -0.2) is 8.42 Å². The number of unbranched alkanes of at least 4 members (excludes halogenated alkanes) is 15. The predicted molar refractivity (Wildman–Crippen MR) is 123 cm³/mol. The van der Waals surface area contributed by atoms with E-state index in [-0.39, 0.29) is 57.5 Å². The van der Waals surface area contributed by atoms with Gasteiger partial charge in [0, 0.05) is 5.25 Å². The van der Waals surface area contributed by atoms with E-state index in [1.807, 2.05) is 0 Å². The monoisotopic (exact) mass is 472 g/mol. The SMILES string of the molecule is CCCCCCCCCCCCCCCC(CCCCCCC(C)O)S(=O)(=O)[O-].[K+]. The zero-order chi connectivity index (χ0) is 21.8.